The molecule has 1 aliphatic rings. The zero-order valence-electron chi connectivity index (χ0n) is 18.1. The maximum Gasteiger partial charge on any atom is 0.418 e. The number of carbonyl (C=O) groups excluding carboxylic acids is 1. The van der Waals surface area contributed by atoms with Crippen LogP contribution in [0.5, 0.6) is 0 Å². The van der Waals surface area contributed by atoms with Crippen LogP contribution in [-0.2, 0) is 6.18 Å². The summed E-state index contributed by atoms with van der Waals surface area (Å²) >= 11 is 0. The first-order chi connectivity index (χ1) is 15.0. The van der Waals surface area contributed by atoms with E-state index in [9.17, 15) is 28.0 Å². The number of piperazine rings is 1. The molecular formula is C22H24F3N5O2. The summed E-state index contributed by atoms with van der Waals surface area (Å²) < 4.78 is 41.4. The van der Waals surface area contributed by atoms with Gasteiger partial charge in [-0.3, -0.25) is 14.5 Å². The van der Waals surface area contributed by atoms with E-state index >= 15 is 0 Å². The lowest BCUT2D eigenvalue weighted by Gasteiger charge is -2.37. The lowest BCUT2D eigenvalue weighted by Crippen LogP contribution is -2.53. The number of carbonyl (C=O) groups is 1. The number of para-hydroxylation sites is 1. The molecule has 32 heavy (non-hydrogen) atoms. The van der Waals surface area contributed by atoms with E-state index in [0.29, 0.717) is 13.1 Å². The topological polar surface area (TPSA) is 82.2 Å². The van der Waals surface area contributed by atoms with Crippen LogP contribution in [0.15, 0.2) is 35.1 Å². The number of aromatic nitrogens is 2. The standard InChI is InChI=1S/C22H24F3N5O2/c1-14(2)18(13-26)28-8-10-29(11-9-28)21(32)20-19(31)12-15(3)30(27-20)17-7-5-4-6-16(17)22(23,24)25/h4-7,12,14,18H,8-11H2,1-3H3. The predicted octanol–water partition coefficient (Wildman–Crippen LogP) is 2.87. The van der Waals surface area contributed by atoms with Crippen molar-refractivity contribution in [2.24, 2.45) is 5.92 Å². The smallest absolute Gasteiger partial charge is 0.335 e. The molecule has 1 aromatic heterocycles. The number of amides is 1. The van der Waals surface area contributed by atoms with Gasteiger partial charge in [0, 0.05) is 37.9 Å². The van der Waals surface area contributed by atoms with Gasteiger partial charge in [0.15, 0.2) is 5.69 Å². The number of hydrogen-bond acceptors (Lipinski definition) is 5. The van der Waals surface area contributed by atoms with Crippen molar-refractivity contribution >= 4 is 5.91 Å². The van der Waals surface area contributed by atoms with Gasteiger partial charge in [0.2, 0.25) is 5.43 Å². The number of hydrogen-bond donors (Lipinski definition) is 0. The largest absolute Gasteiger partial charge is 0.418 e. The van der Waals surface area contributed by atoms with E-state index < -0.39 is 28.8 Å². The summed E-state index contributed by atoms with van der Waals surface area (Å²) in [5.74, 6) is -0.507. The molecule has 1 fully saturated rings. The van der Waals surface area contributed by atoms with E-state index in [4.69, 9.17) is 0 Å². The van der Waals surface area contributed by atoms with E-state index in [1.807, 2.05) is 18.7 Å². The minimum atomic E-state index is -4.62. The summed E-state index contributed by atoms with van der Waals surface area (Å²) in [5.41, 5.74) is -2.07. The molecule has 2 aromatic rings. The van der Waals surface area contributed by atoms with Gasteiger partial charge < -0.3 is 4.90 Å². The summed E-state index contributed by atoms with van der Waals surface area (Å²) in [6.45, 7) is 6.85. The molecule has 3 rings (SSSR count). The van der Waals surface area contributed by atoms with Gasteiger partial charge in [-0.25, -0.2) is 4.68 Å². The second kappa shape index (κ2) is 9.12. The van der Waals surface area contributed by atoms with Crippen LogP contribution in [0.3, 0.4) is 0 Å². The van der Waals surface area contributed by atoms with E-state index in [0.717, 1.165) is 16.8 Å². The molecule has 0 aliphatic carbocycles. The molecule has 1 saturated heterocycles. The second-order valence-corrected chi connectivity index (χ2v) is 8.07. The van der Waals surface area contributed by atoms with Crippen molar-refractivity contribution in [1.29, 1.82) is 5.26 Å². The van der Waals surface area contributed by atoms with Gasteiger partial charge in [-0.1, -0.05) is 26.0 Å². The molecule has 10 heteroatoms. The highest BCUT2D eigenvalue weighted by atomic mass is 19.4. The van der Waals surface area contributed by atoms with Crippen molar-refractivity contribution in [3.05, 3.63) is 57.5 Å². The summed E-state index contributed by atoms with van der Waals surface area (Å²) in [4.78, 5) is 28.9. The highest BCUT2D eigenvalue weighted by Crippen LogP contribution is 2.33. The number of halogens is 3. The Kier molecular flexibility index (Phi) is 6.69. The van der Waals surface area contributed by atoms with Gasteiger partial charge >= 0.3 is 6.18 Å². The lowest BCUT2D eigenvalue weighted by molar-refractivity contribution is -0.137. The zero-order valence-corrected chi connectivity index (χ0v) is 18.1. The van der Waals surface area contributed by atoms with Gasteiger partial charge in [-0.2, -0.15) is 23.5 Å². The quantitative estimate of drug-likeness (QED) is 0.720. The van der Waals surface area contributed by atoms with Crippen molar-refractivity contribution in [3.63, 3.8) is 0 Å². The minimum absolute atomic E-state index is 0.127. The Morgan fingerprint density at radius 3 is 2.34 bits per heavy atom. The van der Waals surface area contributed by atoms with Gasteiger partial charge in [-0.05, 0) is 25.0 Å². The van der Waals surface area contributed by atoms with Gasteiger partial charge in [0.25, 0.3) is 5.91 Å². The van der Waals surface area contributed by atoms with Crippen molar-refractivity contribution in [2.75, 3.05) is 26.2 Å². The fourth-order valence-electron chi connectivity index (χ4n) is 3.84. The minimum Gasteiger partial charge on any atom is -0.335 e. The molecular weight excluding hydrogens is 423 g/mol. The number of benzene rings is 1. The summed E-state index contributed by atoms with van der Waals surface area (Å²) in [6, 6.07) is 7.98. The number of aryl methyl sites for hydroxylation is 1. The van der Waals surface area contributed by atoms with Crippen LogP contribution in [0.1, 0.15) is 35.6 Å². The van der Waals surface area contributed by atoms with Crippen LogP contribution in [0, 0.1) is 24.2 Å². The summed E-state index contributed by atoms with van der Waals surface area (Å²) in [6.07, 6.45) is -4.62. The van der Waals surface area contributed by atoms with Crippen LogP contribution in [0.4, 0.5) is 13.2 Å². The molecule has 0 N–H and O–H groups in total. The number of nitriles is 1. The highest BCUT2D eigenvalue weighted by Gasteiger charge is 2.35. The predicted molar refractivity (Wildman–Crippen MR) is 111 cm³/mol. The van der Waals surface area contributed by atoms with Gasteiger partial charge in [0.05, 0.1) is 17.3 Å². The van der Waals surface area contributed by atoms with Gasteiger partial charge in [-0.15, -0.1) is 0 Å². The summed E-state index contributed by atoms with van der Waals surface area (Å²) in [7, 11) is 0. The van der Waals surface area contributed by atoms with E-state index in [1.54, 1.807) is 0 Å². The van der Waals surface area contributed by atoms with Crippen LogP contribution in [0.2, 0.25) is 0 Å². The van der Waals surface area contributed by atoms with Crippen molar-refractivity contribution in [2.45, 2.75) is 33.0 Å². The van der Waals surface area contributed by atoms with Gasteiger partial charge in [0.1, 0.15) is 6.04 Å². The first-order valence-electron chi connectivity index (χ1n) is 10.2. The van der Waals surface area contributed by atoms with E-state index in [-0.39, 0.29) is 36.4 Å². The molecule has 0 radical (unpaired) electrons. The number of nitrogens with zero attached hydrogens (tertiary/aromatic N) is 5. The summed E-state index contributed by atoms with van der Waals surface area (Å²) in [5, 5.41) is 13.4. The second-order valence-electron chi connectivity index (χ2n) is 8.07. The normalized spacial score (nSPS) is 16.1. The van der Waals surface area contributed by atoms with Crippen molar-refractivity contribution in [3.8, 4) is 11.8 Å². The first kappa shape index (κ1) is 23.5. The average molecular weight is 447 g/mol. The zero-order chi connectivity index (χ0) is 23.6. The fourth-order valence-corrected chi connectivity index (χ4v) is 3.84. The maximum atomic E-state index is 13.5. The Balaban J connectivity index is 1.91. The molecule has 1 unspecified atom stereocenters. The molecule has 2 heterocycles. The number of alkyl halides is 3. The monoisotopic (exact) mass is 447 g/mol. The Labute approximate surface area is 183 Å². The molecule has 1 atom stereocenters. The van der Waals surface area contributed by atoms with E-state index in [2.05, 4.69) is 11.2 Å². The third-order valence-corrected chi connectivity index (χ3v) is 5.51. The molecule has 170 valence electrons. The Bertz CT molecular complexity index is 1100. The van der Waals surface area contributed by atoms with Crippen molar-refractivity contribution in [1.82, 2.24) is 19.6 Å². The molecule has 1 amide bonds. The average Bonchev–Trinajstić information content (AvgIpc) is 2.73. The third kappa shape index (κ3) is 4.67. The molecule has 0 saturated carbocycles. The molecule has 0 bridgehead atoms. The van der Waals surface area contributed by atoms with Crippen LogP contribution in [0.25, 0.3) is 5.69 Å². The Morgan fingerprint density at radius 2 is 1.78 bits per heavy atom. The molecule has 1 aromatic carbocycles. The fraction of sp³-hybridized carbons (Fsp3) is 0.455. The Hall–Kier alpha value is -3.19. The molecule has 7 nitrogen and oxygen atoms in total. The Morgan fingerprint density at radius 1 is 1.16 bits per heavy atom. The SMILES string of the molecule is Cc1cc(=O)c(C(=O)N2CCN(C(C#N)C(C)C)CC2)nn1-c1ccccc1C(F)(F)F. The molecule has 1 aliphatic heterocycles. The highest BCUT2D eigenvalue weighted by molar-refractivity contribution is 5.92. The number of rotatable bonds is 4. The van der Waals surface area contributed by atoms with Crippen molar-refractivity contribution < 1.29 is 18.0 Å². The third-order valence-electron chi connectivity index (χ3n) is 5.51. The molecule has 0 spiro atoms. The first-order valence-corrected chi connectivity index (χ1v) is 10.2. The maximum absolute atomic E-state index is 13.5. The van der Waals surface area contributed by atoms with Crippen LogP contribution < -0.4 is 5.43 Å². The lowest BCUT2D eigenvalue weighted by atomic mass is 10.0. The van der Waals surface area contributed by atoms with Crippen LogP contribution >= 0.6 is 0 Å². The van der Waals surface area contributed by atoms with Crippen LogP contribution in [-0.4, -0.2) is 57.7 Å². The van der Waals surface area contributed by atoms with E-state index in [1.165, 1.54) is 30.0 Å².